The molecule has 4 aromatic carbocycles. The van der Waals surface area contributed by atoms with Crippen molar-refractivity contribution in [2.24, 2.45) is 11.1 Å². The van der Waals surface area contributed by atoms with Gasteiger partial charge in [-0.05, 0) is 85.3 Å². The number of sulfonamides is 2. The van der Waals surface area contributed by atoms with Crippen LogP contribution >= 0.6 is 11.6 Å². The normalized spacial score (nSPS) is 13.7. The molecule has 0 aromatic heterocycles. The summed E-state index contributed by atoms with van der Waals surface area (Å²) in [4.78, 5) is 54.2. The Balaban J connectivity index is 1.49. The maximum absolute atomic E-state index is 14.0. The van der Waals surface area contributed by atoms with Crippen molar-refractivity contribution in [1.29, 1.82) is 0 Å². The average Bonchev–Trinajstić information content (AvgIpc) is 3.19. The first-order valence-electron chi connectivity index (χ1n) is 19.1. The number of nitrogens with two attached hydrogens (primary N) is 1. The molecule has 0 aliphatic rings. The highest BCUT2D eigenvalue weighted by Crippen LogP contribution is 2.23. The van der Waals surface area contributed by atoms with Crippen LogP contribution in [-0.4, -0.2) is 78.4 Å². The Morgan fingerprint density at radius 2 is 1.35 bits per heavy atom. The van der Waals surface area contributed by atoms with Crippen molar-refractivity contribution in [3.05, 3.63) is 130 Å². The monoisotopic (exact) mass is 881 g/mol. The van der Waals surface area contributed by atoms with Crippen LogP contribution in [0.2, 0.25) is 5.02 Å². The predicted octanol–water partition coefficient (Wildman–Crippen LogP) is 3.65. The minimum atomic E-state index is -3.87. The minimum Gasteiger partial charge on any atom is -0.350 e. The molecule has 60 heavy (non-hydrogen) atoms. The summed E-state index contributed by atoms with van der Waals surface area (Å²) in [5, 5.41) is 20.3. The summed E-state index contributed by atoms with van der Waals surface area (Å²) in [7, 11) is -6.33. The van der Waals surface area contributed by atoms with Gasteiger partial charge in [-0.25, -0.2) is 22.0 Å². The molecule has 0 radical (unpaired) electrons. The molecule has 0 saturated heterocycles. The molecule has 0 heterocycles. The Morgan fingerprint density at radius 3 is 1.92 bits per heavy atom. The van der Waals surface area contributed by atoms with Crippen LogP contribution in [0.3, 0.4) is 0 Å². The standard InChI is InChI=1S/C42H52ClN7O8S2/c1-26(2)38(42(54)46-24-30-15-17-37(18-16-30)60(44,57)58)49-39(51)28(4)45-25-35(19-29-11-8-7-9-12-29)48-41(53)33-20-32(22-36(23-33)50(5)59(6,55)56)40(52)47-27(3)31-13-10-14-34(43)21-31/h7-18,20-23,26-28,35,38,45H,19,24-25H2,1-6H3,(H,46,54)(H,47,52)(H,48,53)(H,49,51)(H2,44,57,58)/t27-,28+,35+,38+/m1/s1. The third-order valence-corrected chi connectivity index (χ3v) is 12.1. The molecule has 7 N–H and O–H groups in total. The number of anilines is 1. The number of amides is 4. The van der Waals surface area contributed by atoms with Crippen molar-refractivity contribution in [1.82, 2.24) is 26.6 Å². The Morgan fingerprint density at radius 1 is 0.733 bits per heavy atom. The van der Waals surface area contributed by atoms with Gasteiger partial charge in [-0.15, -0.1) is 0 Å². The molecule has 0 bridgehead atoms. The smallest absolute Gasteiger partial charge is 0.251 e. The first kappa shape index (κ1) is 47.3. The van der Waals surface area contributed by atoms with Crippen LogP contribution in [-0.2, 0) is 42.6 Å². The van der Waals surface area contributed by atoms with Crippen LogP contribution in [0.1, 0.15) is 71.1 Å². The van der Waals surface area contributed by atoms with E-state index in [1.807, 2.05) is 30.3 Å². The lowest BCUT2D eigenvalue weighted by atomic mass is 10.0. The molecule has 18 heteroatoms. The van der Waals surface area contributed by atoms with Crippen molar-refractivity contribution in [3.8, 4) is 0 Å². The first-order chi connectivity index (χ1) is 28.1. The summed E-state index contributed by atoms with van der Waals surface area (Å²) in [6.45, 7) is 7.15. The molecule has 0 aliphatic heterocycles. The fraction of sp³-hybridized carbons (Fsp3) is 0.333. The number of hydrogen-bond acceptors (Lipinski definition) is 9. The van der Waals surface area contributed by atoms with E-state index >= 15 is 0 Å². The van der Waals surface area contributed by atoms with Gasteiger partial charge in [0.2, 0.25) is 31.9 Å². The zero-order chi connectivity index (χ0) is 44.4. The van der Waals surface area contributed by atoms with Crippen molar-refractivity contribution < 1.29 is 36.0 Å². The van der Waals surface area contributed by atoms with Gasteiger partial charge >= 0.3 is 0 Å². The van der Waals surface area contributed by atoms with E-state index in [0.29, 0.717) is 17.0 Å². The lowest BCUT2D eigenvalue weighted by molar-refractivity contribution is -0.131. The van der Waals surface area contributed by atoms with Gasteiger partial charge in [0.05, 0.1) is 28.9 Å². The second-order valence-corrected chi connectivity index (χ2v) is 18.9. The summed E-state index contributed by atoms with van der Waals surface area (Å²) >= 11 is 6.15. The van der Waals surface area contributed by atoms with Crippen molar-refractivity contribution in [2.45, 2.75) is 69.7 Å². The van der Waals surface area contributed by atoms with Gasteiger partial charge in [-0.1, -0.05) is 80.0 Å². The van der Waals surface area contributed by atoms with Gasteiger partial charge < -0.3 is 26.6 Å². The molecule has 4 atom stereocenters. The SMILES string of the molecule is CC(C)[C@H](NC(=O)[C@H](C)NC[C@H](Cc1ccccc1)NC(=O)c1cc(C(=O)N[C@H](C)c2cccc(Cl)c2)cc(N(C)S(C)(=O)=O)c1)C(=O)NCc1ccc(S(N)(=O)=O)cc1. The van der Waals surface area contributed by atoms with Crippen LogP contribution in [0.15, 0.2) is 102 Å². The highest BCUT2D eigenvalue weighted by Gasteiger charge is 2.27. The largest absolute Gasteiger partial charge is 0.350 e. The predicted molar refractivity (Wildman–Crippen MR) is 232 cm³/mol. The maximum atomic E-state index is 14.0. The molecular weight excluding hydrogens is 830 g/mol. The van der Waals surface area contributed by atoms with Gasteiger partial charge in [-0.3, -0.25) is 23.5 Å². The highest BCUT2D eigenvalue weighted by atomic mass is 35.5. The number of nitrogens with zero attached hydrogens (tertiary/aromatic N) is 1. The molecule has 0 unspecified atom stereocenters. The number of rotatable bonds is 19. The zero-order valence-electron chi connectivity index (χ0n) is 34.2. The molecule has 4 aromatic rings. The number of carbonyl (C=O) groups excluding carboxylic acids is 4. The Labute approximate surface area is 356 Å². The minimum absolute atomic E-state index is 0.0264. The van der Waals surface area contributed by atoms with Gasteiger partial charge in [-0.2, -0.15) is 0 Å². The molecule has 0 aliphatic carbocycles. The van der Waals surface area contributed by atoms with Crippen LogP contribution in [0.5, 0.6) is 0 Å². The van der Waals surface area contributed by atoms with E-state index < -0.39 is 67.8 Å². The molecule has 322 valence electrons. The van der Waals surface area contributed by atoms with E-state index in [1.165, 1.54) is 49.5 Å². The second-order valence-electron chi connectivity index (χ2n) is 14.9. The van der Waals surface area contributed by atoms with Crippen molar-refractivity contribution in [3.63, 3.8) is 0 Å². The number of primary sulfonamides is 1. The van der Waals surface area contributed by atoms with E-state index in [4.69, 9.17) is 16.7 Å². The number of halogens is 1. The fourth-order valence-corrected chi connectivity index (χ4v) is 7.25. The highest BCUT2D eigenvalue weighted by molar-refractivity contribution is 7.92. The summed E-state index contributed by atoms with van der Waals surface area (Å²) in [5.41, 5.74) is 2.43. The van der Waals surface area contributed by atoms with E-state index in [9.17, 15) is 36.0 Å². The third kappa shape index (κ3) is 13.9. The summed E-state index contributed by atoms with van der Waals surface area (Å²) in [6, 6.07) is 23.5. The van der Waals surface area contributed by atoms with Crippen LogP contribution in [0.25, 0.3) is 0 Å². The van der Waals surface area contributed by atoms with Gasteiger partial charge in [0.25, 0.3) is 11.8 Å². The van der Waals surface area contributed by atoms with Crippen LogP contribution in [0, 0.1) is 5.92 Å². The van der Waals surface area contributed by atoms with Gasteiger partial charge in [0.1, 0.15) is 6.04 Å². The molecule has 0 fully saturated rings. The quantitative estimate of drug-likeness (QED) is 0.0808. The molecule has 4 amide bonds. The van der Waals surface area contributed by atoms with E-state index in [2.05, 4.69) is 26.6 Å². The molecule has 0 saturated carbocycles. The Kier molecular flexibility index (Phi) is 16.4. The number of hydrogen-bond donors (Lipinski definition) is 6. The summed E-state index contributed by atoms with van der Waals surface area (Å²) < 4.78 is 49.3. The van der Waals surface area contributed by atoms with Gasteiger partial charge in [0, 0.05) is 42.3 Å². The average molecular weight is 883 g/mol. The number of benzene rings is 4. The van der Waals surface area contributed by atoms with Crippen LogP contribution < -0.4 is 36.0 Å². The lowest BCUT2D eigenvalue weighted by Gasteiger charge is -2.26. The third-order valence-electron chi connectivity index (χ3n) is 9.69. The lowest BCUT2D eigenvalue weighted by Crippen LogP contribution is -2.55. The molecule has 4 rings (SSSR count). The van der Waals surface area contributed by atoms with E-state index in [-0.39, 0.29) is 40.7 Å². The Bertz CT molecular complexity index is 2380. The molecule has 15 nitrogen and oxygen atoms in total. The first-order valence-corrected chi connectivity index (χ1v) is 22.8. The van der Waals surface area contributed by atoms with Crippen LogP contribution in [0.4, 0.5) is 5.69 Å². The maximum Gasteiger partial charge on any atom is 0.251 e. The van der Waals surface area contributed by atoms with Gasteiger partial charge in [0.15, 0.2) is 0 Å². The number of carbonyl (C=O) groups is 4. The van der Waals surface area contributed by atoms with Crippen molar-refractivity contribution in [2.75, 3.05) is 24.2 Å². The van der Waals surface area contributed by atoms with Crippen molar-refractivity contribution >= 4 is 61.0 Å². The second kappa shape index (κ2) is 20.8. The fourth-order valence-electron chi connectivity index (χ4n) is 6.05. The number of nitrogens with one attached hydrogen (secondary N) is 5. The topological polar surface area (TPSA) is 226 Å². The Hall–Kier alpha value is -5.33. The molecule has 0 spiro atoms. The summed E-state index contributed by atoms with van der Waals surface area (Å²) in [5.74, 6) is -2.34. The zero-order valence-corrected chi connectivity index (χ0v) is 36.6. The molecular formula is C42H52ClN7O8S2. The van der Waals surface area contributed by atoms with E-state index in [1.54, 1.807) is 52.0 Å². The van der Waals surface area contributed by atoms with E-state index in [0.717, 1.165) is 21.7 Å². The summed E-state index contributed by atoms with van der Waals surface area (Å²) in [6.07, 6.45) is 1.35.